The number of nitrogens with one attached hydrogen (secondary N) is 1. The molecule has 0 aromatic heterocycles. The van der Waals surface area contributed by atoms with E-state index in [0.29, 0.717) is 22.0 Å². The zero-order valence-electron chi connectivity index (χ0n) is 11.7. The van der Waals surface area contributed by atoms with Gasteiger partial charge in [-0.05, 0) is 31.2 Å². The van der Waals surface area contributed by atoms with Gasteiger partial charge in [-0.15, -0.1) is 0 Å². The maximum Gasteiger partial charge on any atom is 0.262 e. The number of hydrogen-bond donors (Lipinski definition) is 1. The molecule has 6 heteroatoms. The van der Waals surface area contributed by atoms with E-state index in [4.69, 9.17) is 27.9 Å². The zero-order valence-corrected chi connectivity index (χ0v) is 13.2. The van der Waals surface area contributed by atoms with Crippen LogP contribution in [-0.4, -0.2) is 18.3 Å². The average molecular weight is 338 g/mol. The number of carbonyl (C=O) groups excluding carboxylic acids is 2. The van der Waals surface area contributed by atoms with E-state index in [9.17, 15) is 9.59 Å². The minimum Gasteiger partial charge on any atom is -0.482 e. The molecule has 114 valence electrons. The van der Waals surface area contributed by atoms with Crippen molar-refractivity contribution in [2.45, 2.75) is 6.92 Å². The quantitative estimate of drug-likeness (QED) is 0.831. The van der Waals surface area contributed by atoms with Crippen LogP contribution in [-0.2, 0) is 4.79 Å². The number of amides is 1. The topological polar surface area (TPSA) is 55.4 Å². The second kappa shape index (κ2) is 7.29. The Bertz CT molecular complexity index is 716. The van der Waals surface area contributed by atoms with Crippen molar-refractivity contribution in [3.63, 3.8) is 0 Å². The van der Waals surface area contributed by atoms with Gasteiger partial charge in [0.1, 0.15) is 10.8 Å². The second-order valence-corrected chi connectivity index (χ2v) is 5.28. The van der Waals surface area contributed by atoms with Crippen molar-refractivity contribution in [2.24, 2.45) is 0 Å². The number of para-hydroxylation sites is 1. The fourth-order valence-electron chi connectivity index (χ4n) is 1.82. The molecule has 0 aliphatic heterocycles. The molecule has 0 radical (unpaired) electrons. The summed E-state index contributed by atoms with van der Waals surface area (Å²) in [5, 5.41) is 3.23. The summed E-state index contributed by atoms with van der Waals surface area (Å²) in [6, 6.07) is 11.7. The Morgan fingerprint density at radius 2 is 1.82 bits per heavy atom. The lowest BCUT2D eigenvalue weighted by atomic mass is 10.1. The van der Waals surface area contributed by atoms with Gasteiger partial charge < -0.3 is 10.1 Å². The molecule has 2 aromatic rings. The molecule has 2 rings (SSSR count). The molecule has 1 N–H and O–H groups in total. The van der Waals surface area contributed by atoms with Gasteiger partial charge in [0.2, 0.25) is 0 Å². The molecule has 0 saturated carbocycles. The van der Waals surface area contributed by atoms with Crippen LogP contribution in [0.25, 0.3) is 0 Å². The minimum absolute atomic E-state index is 0.130. The SMILES string of the molecule is CC(=O)c1ccccc1NC(=O)COc1cccc(Cl)c1Cl. The summed E-state index contributed by atoms with van der Waals surface area (Å²) in [5.74, 6) is -0.205. The lowest BCUT2D eigenvalue weighted by Crippen LogP contribution is -2.21. The van der Waals surface area contributed by atoms with Gasteiger partial charge in [0, 0.05) is 5.56 Å². The molecule has 0 atom stereocenters. The molecule has 0 spiro atoms. The third-order valence-corrected chi connectivity index (χ3v) is 3.66. The predicted octanol–water partition coefficient (Wildman–Crippen LogP) is 4.21. The number of Topliss-reactive ketones (excluding diaryl/α,β-unsaturated/α-hetero) is 1. The van der Waals surface area contributed by atoms with Gasteiger partial charge in [-0.3, -0.25) is 9.59 Å². The van der Waals surface area contributed by atoms with Crippen LogP contribution in [0.4, 0.5) is 5.69 Å². The van der Waals surface area contributed by atoms with Crippen molar-refractivity contribution >= 4 is 40.6 Å². The number of carbonyl (C=O) groups is 2. The van der Waals surface area contributed by atoms with E-state index >= 15 is 0 Å². The van der Waals surface area contributed by atoms with Crippen LogP contribution >= 0.6 is 23.2 Å². The van der Waals surface area contributed by atoms with E-state index in [-0.39, 0.29) is 17.4 Å². The van der Waals surface area contributed by atoms with Crippen LogP contribution in [0, 0.1) is 0 Å². The highest BCUT2D eigenvalue weighted by molar-refractivity contribution is 6.42. The average Bonchev–Trinajstić information content (AvgIpc) is 2.49. The lowest BCUT2D eigenvalue weighted by Gasteiger charge is -2.11. The summed E-state index contributed by atoms with van der Waals surface area (Å²) >= 11 is 11.8. The Morgan fingerprint density at radius 1 is 1.09 bits per heavy atom. The van der Waals surface area contributed by atoms with Crippen LogP contribution in [0.15, 0.2) is 42.5 Å². The van der Waals surface area contributed by atoms with Gasteiger partial charge >= 0.3 is 0 Å². The van der Waals surface area contributed by atoms with Gasteiger partial charge in [0.05, 0.1) is 10.7 Å². The largest absolute Gasteiger partial charge is 0.482 e. The first-order valence-electron chi connectivity index (χ1n) is 6.45. The van der Waals surface area contributed by atoms with E-state index < -0.39 is 5.91 Å². The first kappa shape index (κ1) is 16.3. The van der Waals surface area contributed by atoms with Crippen molar-refractivity contribution in [3.8, 4) is 5.75 Å². The molecule has 0 aliphatic rings. The summed E-state index contributed by atoms with van der Waals surface area (Å²) in [6.07, 6.45) is 0. The van der Waals surface area contributed by atoms with Crippen LogP contribution < -0.4 is 10.1 Å². The molecule has 4 nitrogen and oxygen atoms in total. The first-order valence-corrected chi connectivity index (χ1v) is 7.21. The fourth-order valence-corrected chi connectivity index (χ4v) is 2.17. The molecule has 22 heavy (non-hydrogen) atoms. The van der Waals surface area contributed by atoms with Gasteiger partial charge in [-0.25, -0.2) is 0 Å². The predicted molar refractivity (Wildman–Crippen MR) is 87.0 cm³/mol. The standard InChI is InChI=1S/C16H13Cl2NO3/c1-10(20)11-5-2-3-7-13(11)19-15(21)9-22-14-8-4-6-12(17)16(14)18/h2-8H,9H2,1H3,(H,19,21). The third kappa shape index (κ3) is 4.00. The number of rotatable bonds is 5. The molecule has 0 aliphatic carbocycles. The van der Waals surface area contributed by atoms with Crippen molar-refractivity contribution in [2.75, 3.05) is 11.9 Å². The van der Waals surface area contributed by atoms with Gasteiger partial charge in [0.15, 0.2) is 12.4 Å². The van der Waals surface area contributed by atoms with Crippen LogP contribution in [0.2, 0.25) is 10.0 Å². The van der Waals surface area contributed by atoms with Gasteiger partial charge in [0.25, 0.3) is 5.91 Å². The van der Waals surface area contributed by atoms with Crippen LogP contribution in [0.3, 0.4) is 0 Å². The maximum atomic E-state index is 11.9. The third-order valence-electron chi connectivity index (χ3n) is 2.86. The smallest absolute Gasteiger partial charge is 0.262 e. The number of halogens is 2. The number of anilines is 1. The molecule has 0 saturated heterocycles. The van der Waals surface area contributed by atoms with Crippen molar-refractivity contribution in [1.29, 1.82) is 0 Å². The van der Waals surface area contributed by atoms with E-state index in [1.54, 1.807) is 42.5 Å². The Hall–Kier alpha value is -2.04. The van der Waals surface area contributed by atoms with Crippen LogP contribution in [0.1, 0.15) is 17.3 Å². The van der Waals surface area contributed by atoms with Crippen LogP contribution in [0.5, 0.6) is 5.75 Å². The molecule has 0 fully saturated rings. The highest BCUT2D eigenvalue weighted by atomic mass is 35.5. The molecular weight excluding hydrogens is 325 g/mol. The van der Waals surface area contributed by atoms with Gasteiger partial charge in [-0.2, -0.15) is 0 Å². The maximum absolute atomic E-state index is 11.9. The molecule has 1 amide bonds. The summed E-state index contributed by atoms with van der Waals surface area (Å²) in [4.78, 5) is 23.4. The summed E-state index contributed by atoms with van der Waals surface area (Å²) < 4.78 is 5.34. The normalized spacial score (nSPS) is 10.1. The number of ketones is 1. The Kier molecular flexibility index (Phi) is 5.41. The fraction of sp³-hybridized carbons (Fsp3) is 0.125. The Labute approximate surface area is 138 Å². The first-order chi connectivity index (χ1) is 10.5. The second-order valence-electron chi connectivity index (χ2n) is 4.49. The summed E-state index contributed by atoms with van der Waals surface area (Å²) in [7, 11) is 0. The van der Waals surface area contributed by atoms with E-state index in [1.807, 2.05) is 0 Å². The van der Waals surface area contributed by atoms with Crippen molar-refractivity contribution in [1.82, 2.24) is 0 Å². The zero-order chi connectivity index (χ0) is 16.1. The number of ether oxygens (including phenoxy) is 1. The van der Waals surface area contributed by atoms with E-state index in [1.165, 1.54) is 6.92 Å². The number of benzene rings is 2. The monoisotopic (exact) mass is 337 g/mol. The summed E-state index contributed by atoms with van der Waals surface area (Å²) in [6.45, 7) is 1.19. The minimum atomic E-state index is -0.398. The van der Waals surface area contributed by atoms with Crippen molar-refractivity contribution in [3.05, 3.63) is 58.1 Å². The Morgan fingerprint density at radius 3 is 2.55 bits per heavy atom. The molecule has 0 unspecified atom stereocenters. The molecule has 0 heterocycles. The van der Waals surface area contributed by atoms with Crippen molar-refractivity contribution < 1.29 is 14.3 Å². The van der Waals surface area contributed by atoms with E-state index in [0.717, 1.165) is 0 Å². The highest BCUT2D eigenvalue weighted by Gasteiger charge is 2.11. The van der Waals surface area contributed by atoms with E-state index in [2.05, 4.69) is 5.32 Å². The highest BCUT2D eigenvalue weighted by Crippen LogP contribution is 2.31. The molecule has 0 bridgehead atoms. The Balaban J connectivity index is 2.02. The lowest BCUT2D eigenvalue weighted by molar-refractivity contribution is -0.118. The number of hydrogen-bond acceptors (Lipinski definition) is 3. The molecule has 2 aromatic carbocycles. The molecular formula is C16H13Cl2NO3. The van der Waals surface area contributed by atoms with Gasteiger partial charge in [-0.1, -0.05) is 41.4 Å². The summed E-state index contributed by atoms with van der Waals surface area (Å²) in [5.41, 5.74) is 0.887.